The first-order valence-corrected chi connectivity index (χ1v) is 9.64. The van der Waals surface area contributed by atoms with Gasteiger partial charge in [-0.05, 0) is 37.5 Å². The number of amides is 1. The van der Waals surface area contributed by atoms with E-state index in [-0.39, 0.29) is 29.9 Å². The van der Waals surface area contributed by atoms with Crippen molar-refractivity contribution in [3.8, 4) is 0 Å². The average molecular weight is 486 g/mol. The number of benzene rings is 1. The number of rotatable bonds is 6. The van der Waals surface area contributed by atoms with Crippen LogP contribution < -0.4 is 10.2 Å². The van der Waals surface area contributed by atoms with Crippen LogP contribution in [-0.4, -0.2) is 56.7 Å². The number of ether oxygens (including phenoxy) is 1. The Bertz CT molecular complexity index is 629. The lowest BCUT2D eigenvalue weighted by Crippen LogP contribution is -2.41. The van der Waals surface area contributed by atoms with Gasteiger partial charge in [0.1, 0.15) is 0 Å². The lowest BCUT2D eigenvalue weighted by Gasteiger charge is -2.24. The summed E-state index contributed by atoms with van der Waals surface area (Å²) in [6.07, 6.45) is 2.74. The Balaban J connectivity index is 0.00000261. The lowest BCUT2D eigenvalue weighted by molar-refractivity contribution is -0.117. The van der Waals surface area contributed by atoms with Crippen LogP contribution in [-0.2, 0) is 16.1 Å². The third kappa shape index (κ3) is 6.07. The molecule has 1 aromatic carbocycles. The van der Waals surface area contributed by atoms with Crippen molar-refractivity contribution in [2.24, 2.45) is 10.9 Å². The van der Waals surface area contributed by atoms with Crippen LogP contribution in [0.25, 0.3) is 0 Å². The zero-order valence-corrected chi connectivity index (χ0v) is 18.6. The number of guanidine groups is 1. The number of nitrogens with one attached hydrogen (secondary N) is 1. The first-order valence-electron chi connectivity index (χ1n) is 9.64. The Labute approximate surface area is 179 Å². The second-order valence-corrected chi connectivity index (χ2v) is 7.10. The van der Waals surface area contributed by atoms with Crippen LogP contribution in [0.3, 0.4) is 0 Å². The van der Waals surface area contributed by atoms with Crippen molar-refractivity contribution in [2.75, 3.05) is 44.8 Å². The summed E-state index contributed by atoms with van der Waals surface area (Å²) < 4.78 is 5.47. The number of halogens is 1. The van der Waals surface area contributed by atoms with Crippen LogP contribution in [0.15, 0.2) is 29.3 Å². The largest absolute Gasteiger partial charge is 0.381 e. The summed E-state index contributed by atoms with van der Waals surface area (Å²) in [7, 11) is 2.09. The highest BCUT2D eigenvalue weighted by Crippen LogP contribution is 2.21. The summed E-state index contributed by atoms with van der Waals surface area (Å²) in [5, 5.41) is 3.37. The Morgan fingerprint density at radius 1 is 1.37 bits per heavy atom. The van der Waals surface area contributed by atoms with Crippen LogP contribution in [0.1, 0.15) is 31.7 Å². The molecule has 2 fully saturated rings. The van der Waals surface area contributed by atoms with Crippen molar-refractivity contribution < 1.29 is 9.53 Å². The summed E-state index contributed by atoms with van der Waals surface area (Å²) in [6, 6.07) is 8.19. The number of anilines is 1. The molecule has 0 bridgehead atoms. The normalized spacial score (nSPS) is 19.9. The van der Waals surface area contributed by atoms with E-state index in [1.807, 2.05) is 17.0 Å². The second kappa shape index (κ2) is 10.8. The number of hydrogen-bond acceptors (Lipinski definition) is 3. The molecule has 0 saturated carbocycles. The van der Waals surface area contributed by atoms with Crippen molar-refractivity contribution in [2.45, 2.75) is 32.7 Å². The number of nitrogens with zero attached hydrogens (tertiary/aromatic N) is 3. The average Bonchev–Trinajstić information content (AvgIpc) is 3.30. The molecular weight excluding hydrogens is 455 g/mol. The molecule has 1 aromatic rings. The van der Waals surface area contributed by atoms with E-state index in [1.54, 1.807) is 0 Å². The second-order valence-electron chi connectivity index (χ2n) is 7.10. The van der Waals surface area contributed by atoms with E-state index in [2.05, 4.69) is 36.3 Å². The van der Waals surface area contributed by atoms with Crippen LogP contribution >= 0.6 is 24.0 Å². The minimum Gasteiger partial charge on any atom is -0.381 e. The number of aliphatic imine (C=N–C) groups is 1. The predicted molar refractivity (Wildman–Crippen MR) is 120 cm³/mol. The zero-order valence-electron chi connectivity index (χ0n) is 16.3. The Morgan fingerprint density at radius 3 is 2.74 bits per heavy atom. The molecule has 7 heteroatoms. The molecule has 27 heavy (non-hydrogen) atoms. The summed E-state index contributed by atoms with van der Waals surface area (Å²) >= 11 is 0. The van der Waals surface area contributed by atoms with Gasteiger partial charge >= 0.3 is 0 Å². The highest BCUT2D eigenvalue weighted by atomic mass is 127. The van der Waals surface area contributed by atoms with Gasteiger partial charge in [0.2, 0.25) is 5.91 Å². The summed E-state index contributed by atoms with van der Waals surface area (Å²) in [5.74, 6) is 1.74. The molecule has 2 aliphatic heterocycles. The van der Waals surface area contributed by atoms with Gasteiger partial charge in [0.05, 0.1) is 13.2 Å². The van der Waals surface area contributed by atoms with E-state index in [9.17, 15) is 4.79 Å². The van der Waals surface area contributed by atoms with Gasteiger partial charge < -0.3 is 19.9 Å². The fourth-order valence-corrected chi connectivity index (χ4v) is 3.54. The van der Waals surface area contributed by atoms with Gasteiger partial charge in [-0.15, -0.1) is 24.0 Å². The molecule has 2 aliphatic rings. The Morgan fingerprint density at radius 2 is 2.15 bits per heavy atom. The highest BCUT2D eigenvalue weighted by Gasteiger charge is 2.21. The highest BCUT2D eigenvalue weighted by molar-refractivity contribution is 14.0. The maximum absolute atomic E-state index is 11.8. The van der Waals surface area contributed by atoms with E-state index >= 15 is 0 Å². The molecule has 1 amide bonds. The van der Waals surface area contributed by atoms with Crippen molar-refractivity contribution in [3.05, 3.63) is 29.8 Å². The first kappa shape index (κ1) is 21.9. The topological polar surface area (TPSA) is 57.2 Å². The first-order chi connectivity index (χ1) is 12.7. The van der Waals surface area contributed by atoms with Crippen LogP contribution in [0.2, 0.25) is 0 Å². The van der Waals surface area contributed by atoms with Gasteiger partial charge in [0.15, 0.2) is 5.96 Å². The predicted octanol–water partition coefficient (Wildman–Crippen LogP) is 2.87. The quantitative estimate of drug-likeness (QED) is 0.382. The van der Waals surface area contributed by atoms with Gasteiger partial charge in [-0.1, -0.05) is 12.1 Å². The zero-order chi connectivity index (χ0) is 18.4. The molecule has 2 heterocycles. The molecule has 1 atom stereocenters. The Kier molecular flexibility index (Phi) is 8.82. The SMILES string of the molecule is CCNC(=NCc1ccc(N2CCCC2=O)cc1)N(C)CC1CCOC1.I. The maximum atomic E-state index is 11.8. The fourth-order valence-electron chi connectivity index (χ4n) is 3.54. The molecule has 3 rings (SSSR count). The molecule has 150 valence electrons. The van der Waals surface area contributed by atoms with Crippen molar-refractivity contribution in [1.29, 1.82) is 0 Å². The number of carbonyl (C=O) groups is 1. The van der Waals surface area contributed by atoms with Gasteiger partial charge in [0, 0.05) is 51.3 Å². The molecule has 0 spiro atoms. The molecule has 0 radical (unpaired) electrons. The van der Waals surface area contributed by atoms with E-state index < -0.39 is 0 Å². The van der Waals surface area contributed by atoms with Crippen molar-refractivity contribution >= 4 is 41.5 Å². The van der Waals surface area contributed by atoms with Gasteiger partial charge in [-0.3, -0.25) is 4.79 Å². The molecule has 0 aromatic heterocycles. The van der Waals surface area contributed by atoms with E-state index in [0.29, 0.717) is 18.9 Å². The molecule has 1 unspecified atom stereocenters. The minimum atomic E-state index is 0. The van der Waals surface area contributed by atoms with E-state index in [1.165, 1.54) is 0 Å². The summed E-state index contributed by atoms with van der Waals surface area (Å²) in [5.41, 5.74) is 2.14. The molecule has 1 N–H and O–H groups in total. The fraction of sp³-hybridized carbons (Fsp3) is 0.600. The lowest BCUT2D eigenvalue weighted by atomic mass is 10.1. The van der Waals surface area contributed by atoms with Crippen molar-refractivity contribution in [1.82, 2.24) is 10.2 Å². The summed E-state index contributed by atoms with van der Waals surface area (Å²) in [4.78, 5) is 20.7. The standard InChI is InChI=1S/C20H30N4O2.HI/c1-3-21-20(23(2)14-17-10-12-26-15-17)22-13-16-6-8-18(9-7-16)24-11-4-5-19(24)25;/h6-9,17H,3-5,10-15H2,1-2H3,(H,21,22);1H. The van der Waals surface area contributed by atoms with Crippen LogP contribution in [0.4, 0.5) is 5.69 Å². The van der Waals surface area contributed by atoms with Gasteiger partial charge in [0.25, 0.3) is 0 Å². The number of hydrogen-bond donors (Lipinski definition) is 1. The third-order valence-electron chi connectivity index (χ3n) is 4.99. The molecule has 2 saturated heterocycles. The minimum absolute atomic E-state index is 0. The molecule has 0 aliphatic carbocycles. The van der Waals surface area contributed by atoms with Crippen molar-refractivity contribution in [3.63, 3.8) is 0 Å². The summed E-state index contributed by atoms with van der Waals surface area (Å²) in [6.45, 7) is 7.07. The molecule has 6 nitrogen and oxygen atoms in total. The van der Waals surface area contributed by atoms with Gasteiger partial charge in [-0.2, -0.15) is 0 Å². The smallest absolute Gasteiger partial charge is 0.227 e. The van der Waals surface area contributed by atoms with Gasteiger partial charge in [-0.25, -0.2) is 4.99 Å². The van der Waals surface area contributed by atoms with Crippen LogP contribution in [0, 0.1) is 5.92 Å². The Hall–Kier alpha value is -1.35. The van der Waals surface area contributed by atoms with E-state index in [0.717, 1.165) is 62.9 Å². The van der Waals surface area contributed by atoms with Crippen LogP contribution in [0.5, 0.6) is 0 Å². The molecular formula is C20H31IN4O2. The monoisotopic (exact) mass is 486 g/mol. The maximum Gasteiger partial charge on any atom is 0.227 e. The van der Waals surface area contributed by atoms with E-state index in [4.69, 9.17) is 9.73 Å². The number of carbonyl (C=O) groups excluding carboxylic acids is 1. The third-order valence-corrected chi connectivity index (χ3v) is 4.99.